The molecule has 1 fully saturated rings. The number of hydrogen-bond acceptors (Lipinski definition) is 11. The van der Waals surface area contributed by atoms with E-state index in [1.54, 1.807) is 0 Å². The number of aliphatic carboxylic acids is 2. The Morgan fingerprint density at radius 2 is 1.98 bits per heavy atom. The SMILES string of the molecule is CC(F)(F)[C@H]1OC[C@]2(c3cc(NC(=O)c4cnc(-n5cncn5)cn4)ccc3F)N=C(N)SC[C@H]12.O=C(O)CC(=O)O. The summed E-state index contributed by atoms with van der Waals surface area (Å²) < 4.78 is 50.4. The average molecular weight is 609 g/mol. The number of carbonyl (C=O) groups is 3. The molecule has 4 heterocycles. The van der Waals surface area contributed by atoms with Crippen LogP contribution in [0.4, 0.5) is 18.9 Å². The molecule has 2 aliphatic heterocycles. The molecule has 0 radical (unpaired) electrons. The minimum Gasteiger partial charge on any atom is -0.481 e. The van der Waals surface area contributed by atoms with Crippen LogP contribution in [0.2, 0.25) is 0 Å². The van der Waals surface area contributed by atoms with Crippen molar-refractivity contribution in [2.45, 2.75) is 30.9 Å². The van der Waals surface area contributed by atoms with Crippen molar-refractivity contribution in [3.8, 4) is 5.82 Å². The number of carboxylic acid groups (broad SMARTS) is 2. The number of fused-ring (bicyclic) bond motifs is 1. The Bertz CT molecular complexity index is 1490. The van der Waals surface area contributed by atoms with Crippen molar-refractivity contribution in [3.63, 3.8) is 0 Å². The van der Waals surface area contributed by atoms with Gasteiger partial charge in [0.1, 0.15) is 42.2 Å². The molecule has 2 aliphatic rings. The third-order valence-electron chi connectivity index (χ3n) is 6.20. The van der Waals surface area contributed by atoms with E-state index in [9.17, 15) is 23.2 Å². The van der Waals surface area contributed by atoms with E-state index < -0.39 is 53.6 Å². The van der Waals surface area contributed by atoms with E-state index in [0.717, 1.165) is 24.8 Å². The molecule has 1 saturated heterocycles. The summed E-state index contributed by atoms with van der Waals surface area (Å²) in [5, 5.41) is 22.1. The lowest BCUT2D eigenvalue weighted by Gasteiger charge is -2.37. The third kappa shape index (κ3) is 6.65. The highest BCUT2D eigenvalue weighted by molar-refractivity contribution is 8.13. The first-order valence-electron chi connectivity index (χ1n) is 12.0. The fourth-order valence-corrected chi connectivity index (χ4v) is 5.44. The molecule has 0 saturated carbocycles. The Morgan fingerprint density at radius 1 is 1.24 bits per heavy atom. The molecule has 0 spiro atoms. The number of ether oxygens (including phenoxy) is 1. The van der Waals surface area contributed by atoms with Gasteiger partial charge >= 0.3 is 11.9 Å². The van der Waals surface area contributed by atoms with Gasteiger partial charge in [-0.1, -0.05) is 11.8 Å². The normalized spacial score (nSPS) is 21.4. The summed E-state index contributed by atoms with van der Waals surface area (Å²) >= 11 is 1.12. The highest BCUT2D eigenvalue weighted by Gasteiger charge is 2.59. The fourth-order valence-electron chi connectivity index (χ4n) is 4.41. The number of anilines is 1. The van der Waals surface area contributed by atoms with Gasteiger partial charge in [0.05, 0.1) is 19.0 Å². The van der Waals surface area contributed by atoms with Crippen molar-refractivity contribution in [2.24, 2.45) is 16.6 Å². The van der Waals surface area contributed by atoms with Crippen molar-refractivity contribution in [1.29, 1.82) is 0 Å². The van der Waals surface area contributed by atoms with Crippen LogP contribution in [0.25, 0.3) is 5.82 Å². The maximum Gasteiger partial charge on any atom is 0.314 e. The number of alkyl halides is 2. The lowest BCUT2D eigenvalue weighted by Crippen LogP contribution is -2.46. The first-order chi connectivity index (χ1) is 19.8. The molecule has 1 amide bonds. The monoisotopic (exact) mass is 608 g/mol. The second kappa shape index (κ2) is 12.1. The molecule has 3 atom stereocenters. The van der Waals surface area contributed by atoms with Gasteiger partial charge < -0.3 is 26.0 Å². The molecular formula is C24H23F3N8O6S. The summed E-state index contributed by atoms with van der Waals surface area (Å²) in [6.45, 7) is 0.499. The lowest BCUT2D eigenvalue weighted by atomic mass is 9.77. The molecule has 42 heavy (non-hydrogen) atoms. The van der Waals surface area contributed by atoms with Gasteiger partial charge in [-0.15, -0.1) is 0 Å². The number of benzene rings is 1. The van der Waals surface area contributed by atoms with Crippen molar-refractivity contribution >= 4 is 40.5 Å². The van der Waals surface area contributed by atoms with Crippen molar-refractivity contribution in [1.82, 2.24) is 24.7 Å². The molecule has 18 heteroatoms. The van der Waals surface area contributed by atoms with E-state index in [4.69, 9.17) is 20.7 Å². The van der Waals surface area contributed by atoms with Crippen LogP contribution in [-0.2, 0) is 19.9 Å². The number of thioether (sulfide) groups is 1. The Balaban J connectivity index is 0.000000517. The molecular weight excluding hydrogens is 585 g/mol. The number of amides is 1. The first kappa shape index (κ1) is 30.4. The van der Waals surface area contributed by atoms with E-state index in [-0.39, 0.29) is 34.5 Å². The van der Waals surface area contributed by atoms with Crippen LogP contribution in [0.5, 0.6) is 0 Å². The van der Waals surface area contributed by atoms with Gasteiger partial charge in [-0.05, 0) is 18.2 Å². The van der Waals surface area contributed by atoms with E-state index in [1.165, 1.54) is 41.9 Å². The molecule has 0 unspecified atom stereocenters. The Morgan fingerprint density at radius 3 is 2.55 bits per heavy atom. The molecule has 3 aromatic rings. The second-order valence-electron chi connectivity index (χ2n) is 9.19. The van der Waals surface area contributed by atoms with Gasteiger partial charge in [-0.2, -0.15) is 5.10 Å². The predicted octanol–water partition coefficient (Wildman–Crippen LogP) is 1.92. The van der Waals surface area contributed by atoms with Crippen molar-refractivity contribution in [3.05, 3.63) is 60.3 Å². The minimum atomic E-state index is -3.16. The lowest BCUT2D eigenvalue weighted by molar-refractivity contribution is -0.147. The summed E-state index contributed by atoms with van der Waals surface area (Å²) in [5.74, 6) is -7.33. The number of carbonyl (C=O) groups excluding carboxylic acids is 1. The van der Waals surface area contributed by atoms with Gasteiger partial charge in [0, 0.05) is 29.8 Å². The molecule has 5 N–H and O–H groups in total. The number of rotatable bonds is 7. The molecule has 5 rings (SSSR count). The summed E-state index contributed by atoms with van der Waals surface area (Å²) in [5.41, 5.74) is 4.71. The number of nitrogens with zero attached hydrogens (tertiary/aromatic N) is 6. The van der Waals surface area contributed by atoms with Crippen LogP contribution < -0.4 is 11.1 Å². The van der Waals surface area contributed by atoms with E-state index in [2.05, 4.69) is 30.4 Å². The number of carboxylic acids is 2. The Hall–Kier alpha value is -4.58. The molecule has 14 nitrogen and oxygen atoms in total. The summed E-state index contributed by atoms with van der Waals surface area (Å²) in [6.07, 6.45) is 3.11. The van der Waals surface area contributed by atoms with Gasteiger partial charge in [0.25, 0.3) is 11.8 Å². The molecule has 1 aromatic carbocycles. The Labute approximate surface area is 239 Å². The van der Waals surface area contributed by atoms with Gasteiger partial charge in [-0.3, -0.25) is 14.4 Å². The highest BCUT2D eigenvalue weighted by atomic mass is 32.2. The molecule has 0 bridgehead atoms. The number of amidine groups is 1. The van der Waals surface area contributed by atoms with Crippen LogP contribution in [0.15, 0.2) is 48.2 Å². The zero-order valence-corrected chi connectivity index (χ0v) is 22.5. The quantitative estimate of drug-likeness (QED) is 0.284. The second-order valence-corrected chi connectivity index (χ2v) is 10.2. The van der Waals surface area contributed by atoms with Crippen LogP contribution >= 0.6 is 11.8 Å². The van der Waals surface area contributed by atoms with Crippen LogP contribution in [0.1, 0.15) is 29.4 Å². The van der Waals surface area contributed by atoms with E-state index in [1.807, 2.05) is 0 Å². The van der Waals surface area contributed by atoms with Crippen LogP contribution in [0, 0.1) is 11.7 Å². The standard InChI is InChI=1S/C21H19F3N8O2S.C3H4O4/c1-20(23,24)17-13-7-35-19(25)31-21(13,8-34-17)12-4-11(2-3-14(12)22)30-18(33)15-5-28-16(6-27-15)32-10-26-9-29-32;4-2(5)1-3(6)7/h2-6,9-10,13,17H,7-8H2,1H3,(H2,25,31)(H,30,33);1H2,(H,4,5)(H,6,7)/t13-,17+,21-;/m1./s1. The number of halogens is 3. The number of nitrogens with one attached hydrogen (secondary N) is 1. The largest absolute Gasteiger partial charge is 0.481 e. The van der Waals surface area contributed by atoms with Crippen molar-refractivity contribution in [2.75, 3.05) is 17.7 Å². The first-order valence-corrected chi connectivity index (χ1v) is 13.0. The number of hydrogen-bond donors (Lipinski definition) is 4. The molecule has 2 aromatic heterocycles. The van der Waals surface area contributed by atoms with Crippen LogP contribution in [0.3, 0.4) is 0 Å². The minimum absolute atomic E-state index is 0.00185. The topological polar surface area (TPSA) is 208 Å². The van der Waals surface area contributed by atoms with Gasteiger partial charge in [-0.25, -0.2) is 37.8 Å². The molecule has 222 valence electrons. The zero-order chi connectivity index (χ0) is 30.7. The van der Waals surface area contributed by atoms with Crippen molar-refractivity contribution < 1.29 is 42.5 Å². The summed E-state index contributed by atoms with van der Waals surface area (Å²) in [6, 6.07) is 3.86. The van der Waals surface area contributed by atoms with Gasteiger partial charge in [0.2, 0.25) is 0 Å². The fraction of sp³-hybridized carbons (Fsp3) is 0.333. The van der Waals surface area contributed by atoms with Crippen LogP contribution in [-0.4, -0.2) is 82.3 Å². The highest BCUT2D eigenvalue weighted by Crippen LogP contribution is 2.51. The summed E-state index contributed by atoms with van der Waals surface area (Å²) in [7, 11) is 0. The predicted molar refractivity (Wildman–Crippen MR) is 141 cm³/mol. The maximum atomic E-state index is 15.1. The Kier molecular flexibility index (Phi) is 8.76. The smallest absolute Gasteiger partial charge is 0.314 e. The third-order valence-corrected chi connectivity index (χ3v) is 7.11. The van der Waals surface area contributed by atoms with Gasteiger partial charge in [0.15, 0.2) is 11.0 Å². The zero-order valence-electron chi connectivity index (χ0n) is 21.6. The molecule has 0 aliphatic carbocycles. The maximum absolute atomic E-state index is 15.1. The summed E-state index contributed by atoms with van der Waals surface area (Å²) in [4.78, 5) is 48.0. The number of aliphatic imine (C=N–C) groups is 1. The number of aromatic nitrogens is 5. The van der Waals surface area contributed by atoms with E-state index in [0.29, 0.717) is 5.82 Å². The number of nitrogens with two attached hydrogens (primary N) is 1. The average Bonchev–Trinajstić information content (AvgIpc) is 3.58. The van der Waals surface area contributed by atoms with E-state index >= 15 is 4.39 Å².